The monoisotopic (exact) mass is 216 g/mol. The van der Waals surface area contributed by atoms with Gasteiger partial charge in [-0.25, -0.2) is 0 Å². The Morgan fingerprint density at radius 3 is 1.27 bits per heavy atom. The Labute approximate surface area is 123 Å². The molecule has 0 saturated heterocycles. The van der Waals surface area contributed by atoms with Gasteiger partial charge in [0.15, 0.2) is 0 Å². The molecule has 0 unspecified atom stereocenters. The van der Waals surface area contributed by atoms with Crippen molar-refractivity contribution in [3.8, 4) is 0 Å². The number of aliphatic carboxylic acids is 2. The van der Waals surface area contributed by atoms with Gasteiger partial charge in [-0.1, -0.05) is 0 Å². The molecule has 0 aliphatic rings. The minimum absolute atomic E-state index is 0. The van der Waals surface area contributed by atoms with Crippen LogP contribution in [0, 0.1) is 0 Å². The van der Waals surface area contributed by atoms with Crippen LogP contribution in [0.25, 0.3) is 0 Å². The van der Waals surface area contributed by atoms with Gasteiger partial charge in [0, 0.05) is 11.9 Å². The van der Waals surface area contributed by atoms with E-state index in [-0.39, 0.29) is 81.0 Å². The van der Waals surface area contributed by atoms with Crippen molar-refractivity contribution < 1.29 is 25.3 Å². The summed E-state index contributed by atoms with van der Waals surface area (Å²) in [6, 6.07) is 0. The Hall–Kier alpha value is 1.42. The zero-order valence-electron chi connectivity index (χ0n) is 5.25. The second-order valence-electron chi connectivity index (χ2n) is 1.24. The fourth-order valence-corrected chi connectivity index (χ4v) is 0.204. The molecular weight excluding hydrogens is 208 g/mol. The van der Waals surface area contributed by atoms with Gasteiger partial charge in [-0.05, 0) is 12.8 Å². The number of carbonyl (C=O) groups is 2. The molecule has 0 saturated carbocycles. The van der Waals surface area contributed by atoms with Crippen molar-refractivity contribution in [1.82, 2.24) is 0 Å². The Morgan fingerprint density at radius 1 is 1.00 bits per heavy atom. The SMILES string of the molecule is O.O=C([O-])CCC(=O)[O-].[Ca+2].[CaH2]. The Kier molecular flexibility index (Phi) is 29.0. The number of hydrogen-bond acceptors (Lipinski definition) is 4. The van der Waals surface area contributed by atoms with Gasteiger partial charge >= 0.3 is 75.5 Å². The number of carboxylic acids is 2. The molecule has 58 valence electrons. The van der Waals surface area contributed by atoms with E-state index in [1.165, 1.54) is 0 Å². The standard InChI is InChI=1S/C4H6O4.2Ca.H2O.2H/c5-3(6)1-2-4(7)8;;;;;/h1-2H2,(H,5,6)(H,7,8);;;1H2;;/q;;+2;;;/p-2. The predicted octanol–water partition coefficient (Wildman–Crippen LogP) is -4.86. The molecule has 0 aromatic carbocycles. The predicted molar refractivity (Wildman–Crippen MR) is 37.2 cm³/mol. The summed E-state index contributed by atoms with van der Waals surface area (Å²) in [6.45, 7) is 0. The summed E-state index contributed by atoms with van der Waals surface area (Å²) < 4.78 is 0. The summed E-state index contributed by atoms with van der Waals surface area (Å²) in [4.78, 5) is 19.0. The molecular formula is C4H8Ca2O5. The third-order valence-corrected chi connectivity index (χ3v) is 0.533. The number of hydrogen-bond donors (Lipinski definition) is 0. The molecule has 0 aromatic rings. The van der Waals surface area contributed by atoms with Crippen LogP contribution in [0.5, 0.6) is 0 Å². The van der Waals surface area contributed by atoms with Crippen molar-refractivity contribution in [3.05, 3.63) is 0 Å². The van der Waals surface area contributed by atoms with E-state index in [0.717, 1.165) is 0 Å². The van der Waals surface area contributed by atoms with E-state index in [0.29, 0.717) is 0 Å². The van der Waals surface area contributed by atoms with E-state index >= 15 is 0 Å². The summed E-state index contributed by atoms with van der Waals surface area (Å²) in [5, 5.41) is 19.0. The molecule has 0 aliphatic carbocycles. The first-order valence-electron chi connectivity index (χ1n) is 2.02. The molecule has 11 heavy (non-hydrogen) atoms. The second-order valence-corrected chi connectivity index (χ2v) is 1.24. The molecule has 0 bridgehead atoms. The molecule has 0 radical (unpaired) electrons. The third kappa shape index (κ3) is 24.6. The van der Waals surface area contributed by atoms with Crippen LogP contribution in [-0.2, 0) is 9.59 Å². The zero-order chi connectivity index (χ0) is 6.57. The molecule has 0 fully saturated rings. The fraction of sp³-hybridized carbons (Fsp3) is 0.500. The molecule has 0 atom stereocenters. The van der Waals surface area contributed by atoms with Crippen LogP contribution in [0.4, 0.5) is 0 Å². The quantitative estimate of drug-likeness (QED) is 0.440. The number of carboxylic acid groups (broad SMARTS) is 2. The van der Waals surface area contributed by atoms with Crippen LogP contribution < -0.4 is 10.2 Å². The molecule has 0 aromatic heterocycles. The maximum absolute atomic E-state index is 9.50. The van der Waals surface area contributed by atoms with Gasteiger partial charge in [0.25, 0.3) is 0 Å². The Balaban J connectivity index is -0.0000000817. The number of rotatable bonds is 3. The van der Waals surface area contributed by atoms with Crippen molar-refractivity contribution >= 4 is 87.4 Å². The summed E-state index contributed by atoms with van der Waals surface area (Å²) in [6.07, 6.45) is -0.940. The van der Waals surface area contributed by atoms with Crippen molar-refractivity contribution in [2.75, 3.05) is 0 Å². The van der Waals surface area contributed by atoms with Gasteiger partial charge in [0.05, 0.1) is 0 Å². The van der Waals surface area contributed by atoms with Crippen LogP contribution in [0.3, 0.4) is 0 Å². The van der Waals surface area contributed by atoms with E-state index in [1.54, 1.807) is 0 Å². The second kappa shape index (κ2) is 14.0. The van der Waals surface area contributed by atoms with Gasteiger partial charge < -0.3 is 25.3 Å². The van der Waals surface area contributed by atoms with Gasteiger partial charge in [-0.3, -0.25) is 0 Å². The summed E-state index contributed by atoms with van der Waals surface area (Å²) >= 11 is 0. The van der Waals surface area contributed by atoms with Crippen molar-refractivity contribution in [3.63, 3.8) is 0 Å². The van der Waals surface area contributed by atoms with Crippen LogP contribution >= 0.6 is 0 Å². The maximum atomic E-state index is 9.50. The molecule has 0 heterocycles. The average molecular weight is 216 g/mol. The Morgan fingerprint density at radius 2 is 1.18 bits per heavy atom. The van der Waals surface area contributed by atoms with Crippen LogP contribution in [0.2, 0.25) is 0 Å². The summed E-state index contributed by atoms with van der Waals surface area (Å²) in [5.74, 6) is -2.73. The molecule has 0 aliphatic heterocycles. The van der Waals surface area contributed by atoms with Crippen molar-refractivity contribution in [2.24, 2.45) is 0 Å². The average Bonchev–Trinajstić information content (AvgIpc) is 1.61. The summed E-state index contributed by atoms with van der Waals surface area (Å²) in [5.41, 5.74) is 0. The van der Waals surface area contributed by atoms with E-state index in [2.05, 4.69) is 0 Å². The third-order valence-electron chi connectivity index (χ3n) is 0.533. The van der Waals surface area contributed by atoms with Gasteiger partial charge in [-0.15, -0.1) is 0 Å². The van der Waals surface area contributed by atoms with Crippen LogP contribution in [0.1, 0.15) is 12.8 Å². The normalized spacial score (nSPS) is 6.18. The molecule has 5 nitrogen and oxygen atoms in total. The molecule has 0 rings (SSSR count). The first kappa shape index (κ1) is 22.8. The minimum atomic E-state index is -1.37. The first-order chi connectivity index (χ1) is 3.63. The van der Waals surface area contributed by atoms with Gasteiger partial charge in [0.1, 0.15) is 0 Å². The van der Waals surface area contributed by atoms with Gasteiger partial charge in [0.2, 0.25) is 0 Å². The molecule has 7 heteroatoms. The van der Waals surface area contributed by atoms with E-state index in [4.69, 9.17) is 0 Å². The van der Waals surface area contributed by atoms with Crippen molar-refractivity contribution in [1.29, 1.82) is 0 Å². The first-order valence-corrected chi connectivity index (χ1v) is 2.02. The fourth-order valence-electron chi connectivity index (χ4n) is 0.204. The van der Waals surface area contributed by atoms with E-state index in [1.807, 2.05) is 0 Å². The van der Waals surface area contributed by atoms with Crippen LogP contribution in [-0.4, -0.2) is 92.9 Å². The zero-order valence-corrected chi connectivity index (χ0v) is 7.46. The molecule has 2 N–H and O–H groups in total. The van der Waals surface area contributed by atoms with E-state index in [9.17, 15) is 19.8 Å². The Bertz CT molecular complexity index is 101. The summed E-state index contributed by atoms with van der Waals surface area (Å²) in [7, 11) is 0. The molecule has 0 spiro atoms. The van der Waals surface area contributed by atoms with Gasteiger partial charge in [-0.2, -0.15) is 0 Å². The van der Waals surface area contributed by atoms with Crippen LogP contribution in [0.15, 0.2) is 0 Å². The van der Waals surface area contributed by atoms with E-state index < -0.39 is 24.8 Å². The molecule has 0 amide bonds. The topological polar surface area (TPSA) is 112 Å². The van der Waals surface area contributed by atoms with Crippen molar-refractivity contribution in [2.45, 2.75) is 12.8 Å². The number of carbonyl (C=O) groups excluding carboxylic acids is 2.